The Bertz CT molecular complexity index is 667. The highest BCUT2D eigenvalue weighted by molar-refractivity contribution is 5.65. The fourth-order valence-electron chi connectivity index (χ4n) is 2.27. The SMILES string of the molecule is COc1ccc(N=Cn2cncn2)c([C@H]2COC(C)(C)O2)c1. The van der Waals surface area contributed by atoms with Gasteiger partial charge in [0.1, 0.15) is 30.8 Å². The van der Waals surface area contributed by atoms with E-state index in [9.17, 15) is 0 Å². The highest BCUT2D eigenvalue weighted by atomic mass is 16.7. The van der Waals surface area contributed by atoms with Crippen LogP contribution >= 0.6 is 0 Å². The first-order chi connectivity index (χ1) is 10.6. The molecule has 1 fully saturated rings. The largest absolute Gasteiger partial charge is 0.497 e. The van der Waals surface area contributed by atoms with Crippen LogP contribution in [0, 0.1) is 0 Å². The molecular formula is C15H18N4O3. The molecule has 0 N–H and O–H groups in total. The highest BCUT2D eigenvalue weighted by Crippen LogP contribution is 2.38. The molecule has 1 aromatic heterocycles. The number of aliphatic imine (C=N–C) groups is 1. The molecule has 0 spiro atoms. The number of hydrogen-bond donors (Lipinski definition) is 0. The number of nitrogens with zero attached hydrogens (tertiary/aromatic N) is 4. The van der Waals surface area contributed by atoms with Gasteiger partial charge >= 0.3 is 0 Å². The van der Waals surface area contributed by atoms with Crippen LogP contribution in [0.25, 0.3) is 0 Å². The Morgan fingerprint density at radius 3 is 2.95 bits per heavy atom. The second kappa shape index (κ2) is 5.86. The molecule has 3 rings (SSSR count). The third-order valence-electron chi connectivity index (χ3n) is 3.34. The minimum atomic E-state index is -0.597. The van der Waals surface area contributed by atoms with E-state index < -0.39 is 5.79 Å². The molecule has 1 atom stereocenters. The van der Waals surface area contributed by atoms with E-state index in [2.05, 4.69) is 15.1 Å². The van der Waals surface area contributed by atoms with Gasteiger partial charge < -0.3 is 14.2 Å². The van der Waals surface area contributed by atoms with Gasteiger partial charge in [-0.3, -0.25) is 0 Å². The van der Waals surface area contributed by atoms with Gasteiger partial charge in [0, 0.05) is 5.56 Å². The fourth-order valence-corrected chi connectivity index (χ4v) is 2.27. The molecule has 0 radical (unpaired) electrons. The zero-order valence-electron chi connectivity index (χ0n) is 12.8. The Kier molecular flexibility index (Phi) is 3.91. The molecule has 0 aliphatic carbocycles. The lowest BCUT2D eigenvalue weighted by Crippen LogP contribution is -2.19. The van der Waals surface area contributed by atoms with E-state index in [0.717, 1.165) is 17.0 Å². The van der Waals surface area contributed by atoms with Crippen molar-refractivity contribution in [3.63, 3.8) is 0 Å². The Labute approximate surface area is 128 Å². The van der Waals surface area contributed by atoms with Gasteiger partial charge in [0.25, 0.3) is 0 Å². The van der Waals surface area contributed by atoms with Crippen LogP contribution in [0.4, 0.5) is 5.69 Å². The summed E-state index contributed by atoms with van der Waals surface area (Å²) in [7, 11) is 1.63. The predicted octanol–water partition coefficient (Wildman–Crippen LogP) is 2.32. The molecule has 1 saturated heterocycles. The van der Waals surface area contributed by atoms with Gasteiger partial charge in [-0.05, 0) is 32.0 Å². The fraction of sp³-hybridized carbons (Fsp3) is 0.400. The summed E-state index contributed by atoms with van der Waals surface area (Å²) in [5, 5.41) is 3.99. The molecule has 1 aromatic carbocycles. The molecule has 0 unspecified atom stereocenters. The van der Waals surface area contributed by atoms with Crippen LogP contribution in [-0.2, 0) is 9.47 Å². The molecule has 1 aliphatic heterocycles. The summed E-state index contributed by atoms with van der Waals surface area (Å²) in [6, 6.07) is 5.66. The number of hydrogen-bond acceptors (Lipinski definition) is 6. The van der Waals surface area contributed by atoms with Crippen molar-refractivity contribution < 1.29 is 14.2 Å². The lowest BCUT2D eigenvalue weighted by atomic mass is 10.1. The molecule has 22 heavy (non-hydrogen) atoms. The van der Waals surface area contributed by atoms with Gasteiger partial charge in [-0.1, -0.05) is 0 Å². The van der Waals surface area contributed by atoms with Crippen molar-refractivity contribution in [2.75, 3.05) is 13.7 Å². The van der Waals surface area contributed by atoms with E-state index in [1.165, 1.54) is 11.0 Å². The molecule has 116 valence electrons. The van der Waals surface area contributed by atoms with Crippen LogP contribution < -0.4 is 4.74 Å². The highest BCUT2D eigenvalue weighted by Gasteiger charge is 2.34. The van der Waals surface area contributed by atoms with Crippen molar-refractivity contribution in [1.82, 2.24) is 14.8 Å². The predicted molar refractivity (Wildman–Crippen MR) is 80.4 cm³/mol. The van der Waals surface area contributed by atoms with Crippen LogP contribution in [0.5, 0.6) is 5.75 Å². The summed E-state index contributed by atoms with van der Waals surface area (Å²) in [5.41, 5.74) is 1.70. The summed E-state index contributed by atoms with van der Waals surface area (Å²) in [6.45, 7) is 4.27. The molecule has 2 aromatic rings. The van der Waals surface area contributed by atoms with Gasteiger partial charge in [0.2, 0.25) is 0 Å². The van der Waals surface area contributed by atoms with Crippen molar-refractivity contribution >= 4 is 12.0 Å². The quantitative estimate of drug-likeness (QED) is 0.640. The lowest BCUT2D eigenvalue weighted by molar-refractivity contribution is -0.139. The molecule has 2 heterocycles. The van der Waals surface area contributed by atoms with Crippen molar-refractivity contribution in [3.8, 4) is 5.75 Å². The summed E-state index contributed by atoms with van der Waals surface area (Å²) in [4.78, 5) is 8.34. The minimum absolute atomic E-state index is 0.187. The average Bonchev–Trinajstić information content (AvgIpc) is 3.14. The Balaban J connectivity index is 1.92. The van der Waals surface area contributed by atoms with Crippen molar-refractivity contribution in [2.24, 2.45) is 4.99 Å². The zero-order chi connectivity index (χ0) is 15.6. The van der Waals surface area contributed by atoms with E-state index >= 15 is 0 Å². The van der Waals surface area contributed by atoms with E-state index in [1.807, 2.05) is 32.0 Å². The number of aromatic nitrogens is 3. The standard InChI is InChI=1S/C15H18N4O3/c1-15(2)21-7-14(22-15)12-6-11(20-3)4-5-13(12)17-10-19-9-16-8-18-19/h4-6,8-10,14H,7H2,1-3H3/t14-/m1/s1. The van der Waals surface area contributed by atoms with Gasteiger partial charge in [0.15, 0.2) is 5.79 Å². The molecular weight excluding hydrogens is 284 g/mol. The van der Waals surface area contributed by atoms with E-state index in [4.69, 9.17) is 14.2 Å². The second-order valence-electron chi connectivity index (χ2n) is 5.36. The number of benzene rings is 1. The number of rotatable bonds is 4. The average molecular weight is 302 g/mol. The summed E-state index contributed by atoms with van der Waals surface area (Å²) >= 11 is 0. The van der Waals surface area contributed by atoms with Crippen LogP contribution in [0.3, 0.4) is 0 Å². The number of methoxy groups -OCH3 is 1. The van der Waals surface area contributed by atoms with Crippen molar-refractivity contribution in [1.29, 1.82) is 0 Å². The smallest absolute Gasteiger partial charge is 0.163 e. The van der Waals surface area contributed by atoms with Crippen LogP contribution in [0.15, 0.2) is 35.8 Å². The van der Waals surface area contributed by atoms with Gasteiger partial charge in [0.05, 0.1) is 19.4 Å². The van der Waals surface area contributed by atoms with E-state index in [0.29, 0.717) is 6.61 Å². The molecule has 1 aliphatic rings. The third-order valence-corrected chi connectivity index (χ3v) is 3.34. The summed E-state index contributed by atoms with van der Waals surface area (Å²) in [6.07, 6.45) is 4.44. The Morgan fingerprint density at radius 2 is 2.32 bits per heavy atom. The first kappa shape index (κ1) is 14.7. The maximum Gasteiger partial charge on any atom is 0.163 e. The third kappa shape index (κ3) is 3.15. The maximum absolute atomic E-state index is 5.93. The first-order valence-corrected chi connectivity index (χ1v) is 6.95. The molecule has 0 bridgehead atoms. The molecule has 7 nitrogen and oxygen atoms in total. The minimum Gasteiger partial charge on any atom is -0.497 e. The Hall–Kier alpha value is -2.25. The summed E-state index contributed by atoms with van der Waals surface area (Å²) < 4.78 is 18.4. The maximum atomic E-state index is 5.93. The van der Waals surface area contributed by atoms with Gasteiger partial charge in [-0.2, -0.15) is 5.10 Å². The van der Waals surface area contributed by atoms with Gasteiger partial charge in [-0.25, -0.2) is 14.7 Å². The van der Waals surface area contributed by atoms with Crippen LogP contribution in [-0.4, -0.2) is 40.6 Å². The Morgan fingerprint density at radius 1 is 1.45 bits per heavy atom. The molecule has 7 heteroatoms. The topological polar surface area (TPSA) is 70.8 Å². The van der Waals surface area contributed by atoms with E-state index in [-0.39, 0.29) is 6.10 Å². The van der Waals surface area contributed by atoms with Gasteiger partial charge in [-0.15, -0.1) is 0 Å². The normalized spacial score (nSPS) is 20.6. The summed E-state index contributed by atoms with van der Waals surface area (Å²) in [5.74, 6) is 0.156. The second-order valence-corrected chi connectivity index (χ2v) is 5.36. The number of ether oxygens (including phenoxy) is 3. The lowest BCUT2D eigenvalue weighted by Gasteiger charge is -2.18. The van der Waals surface area contributed by atoms with Crippen molar-refractivity contribution in [3.05, 3.63) is 36.4 Å². The van der Waals surface area contributed by atoms with Crippen LogP contribution in [0.2, 0.25) is 0 Å². The van der Waals surface area contributed by atoms with Crippen LogP contribution in [0.1, 0.15) is 25.5 Å². The van der Waals surface area contributed by atoms with E-state index in [1.54, 1.807) is 19.8 Å². The van der Waals surface area contributed by atoms with Crippen molar-refractivity contribution in [2.45, 2.75) is 25.7 Å². The molecule has 0 saturated carbocycles. The monoisotopic (exact) mass is 302 g/mol. The zero-order valence-corrected chi connectivity index (χ0v) is 12.8. The first-order valence-electron chi connectivity index (χ1n) is 6.95. The molecule has 0 amide bonds.